The Morgan fingerprint density at radius 2 is 1.79 bits per heavy atom. The zero-order valence-corrected chi connectivity index (χ0v) is 25.2. The number of aliphatic hydroxyl groups excluding tert-OH is 1. The number of aromatic nitrogens is 2. The summed E-state index contributed by atoms with van der Waals surface area (Å²) in [5.74, 6) is -0.284. The molecule has 0 saturated carbocycles. The molecule has 4 aliphatic rings. The molecule has 2 aromatic heterocycles. The third-order valence-electron chi connectivity index (χ3n) is 9.23. The van der Waals surface area contributed by atoms with E-state index in [1.165, 1.54) is 32.4 Å². The lowest BCUT2D eigenvalue weighted by atomic mass is 9.97. The average Bonchev–Trinajstić information content (AvgIpc) is 3.42. The maximum Gasteiger partial charge on any atom is 0.415 e. The van der Waals surface area contributed by atoms with Gasteiger partial charge in [-0.3, -0.25) is 4.79 Å². The van der Waals surface area contributed by atoms with Crippen LogP contribution in [0.15, 0.2) is 29.1 Å². The highest BCUT2D eigenvalue weighted by Crippen LogP contribution is 2.39. The summed E-state index contributed by atoms with van der Waals surface area (Å²) in [4.78, 5) is 47.6. The highest BCUT2D eigenvalue weighted by molar-refractivity contribution is 5.90. The van der Waals surface area contributed by atoms with E-state index in [0.717, 1.165) is 34.9 Å². The molecular formula is C33H40N4O6. The Labute approximate surface area is 251 Å². The Balaban J connectivity index is 0.00000161. The number of amides is 1. The van der Waals surface area contributed by atoms with Crippen molar-refractivity contribution in [1.82, 2.24) is 19.4 Å². The van der Waals surface area contributed by atoms with E-state index in [4.69, 9.17) is 14.5 Å². The lowest BCUT2D eigenvalue weighted by Gasteiger charge is -2.39. The summed E-state index contributed by atoms with van der Waals surface area (Å²) in [6.45, 7) is 9.97. The van der Waals surface area contributed by atoms with Gasteiger partial charge in [0.25, 0.3) is 5.56 Å². The molecule has 2 fully saturated rings. The predicted molar refractivity (Wildman–Crippen MR) is 162 cm³/mol. The zero-order chi connectivity index (χ0) is 30.2. The van der Waals surface area contributed by atoms with Gasteiger partial charge in [-0.2, -0.15) is 0 Å². The largest absolute Gasteiger partial charge is 0.458 e. The van der Waals surface area contributed by atoms with Crippen molar-refractivity contribution in [1.29, 1.82) is 0 Å². The summed E-state index contributed by atoms with van der Waals surface area (Å²) in [7, 11) is 0. The Hall–Kier alpha value is -3.76. The first-order valence-electron chi connectivity index (χ1n) is 15.7. The molecule has 43 heavy (non-hydrogen) atoms. The molecule has 1 N–H and O–H groups in total. The van der Waals surface area contributed by atoms with Gasteiger partial charge in [-0.05, 0) is 75.0 Å². The maximum absolute atomic E-state index is 13.3. The zero-order valence-electron chi connectivity index (χ0n) is 25.2. The highest BCUT2D eigenvalue weighted by Gasteiger charge is 2.35. The lowest BCUT2D eigenvalue weighted by molar-refractivity contribution is -0.157. The number of benzene rings is 1. The predicted octanol–water partition coefficient (Wildman–Crippen LogP) is 4.55. The molecule has 1 aromatic carbocycles. The number of pyridine rings is 2. The summed E-state index contributed by atoms with van der Waals surface area (Å²) in [5, 5.41) is 11.3. The van der Waals surface area contributed by atoms with Crippen molar-refractivity contribution >= 4 is 23.0 Å². The van der Waals surface area contributed by atoms with Crippen LogP contribution < -0.4 is 10.3 Å². The number of carbonyl (C=O) groups is 2. The van der Waals surface area contributed by atoms with Crippen molar-refractivity contribution in [3.05, 3.63) is 56.9 Å². The van der Waals surface area contributed by atoms with Crippen LogP contribution in [0, 0.1) is 0 Å². The molecule has 7 rings (SSSR count). The van der Waals surface area contributed by atoms with Crippen LogP contribution in [-0.2, 0) is 29.1 Å². The molecule has 0 radical (unpaired) electrons. The van der Waals surface area contributed by atoms with Gasteiger partial charge in [-0.25, -0.2) is 14.6 Å². The summed E-state index contributed by atoms with van der Waals surface area (Å²) in [6, 6.07) is 7.71. The van der Waals surface area contributed by atoms with Crippen LogP contribution >= 0.6 is 0 Å². The van der Waals surface area contributed by atoms with Gasteiger partial charge in [0.1, 0.15) is 12.4 Å². The van der Waals surface area contributed by atoms with Crippen molar-refractivity contribution in [2.45, 2.75) is 84.6 Å². The fourth-order valence-corrected chi connectivity index (χ4v) is 7.02. The van der Waals surface area contributed by atoms with Crippen molar-refractivity contribution in [3.63, 3.8) is 0 Å². The van der Waals surface area contributed by atoms with E-state index in [9.17, 15) is 19.5 Å². The summed E-state index contributed by atoms with van der Waals surface area (Å²) >= 11 is 0. The third-order valence-corrected chi connectivity index (χ3v) is 9.23. The quantitative estimate of drug-likeness (QED) is 0.347. The van der Waals surface area contributed by atoms with Gasteiger partial charge >= 0.3 is 12.1 Å². The Kier molecular flexibility index (Phi) is 8.24. The van der Waals surface area contributed by atoms with Crippen LogP contribution in [0.4, 0.5) is 4.79 Å². The first-order chi connectivity index (χ1) is 20.9. The van der Waals surface area contributed by atoms with Gasteiger partial charge in [0, 0.05) is 35.6 Å². The molecular weight excluding hydrogens is 548 g/mol. The second-order valence-electron chi connectivity index (χ2n) is 11.5. The molecule has 10 nitrogen and oxygen atoms in total. The number of likely N-dealkylation sites (tertiary alicyclic amines) is 2. The van der Waals surface area contributed by atoms with Crippen molar-refractivity contribution in [3.8, 4) is 17.1 Å². The first-order valence-corrected chi connectivity index (χ1v) is 15.7. The molecule has 1 amide bonds. The molecule has 10 heteroatoms. The number of aliphatic hydroxyl groups is 1. The number of nitrogens with zero attached hydrogens (tertiary/aromatic N) is 4. The number of aryl methyl sites for hydroxylation is 1. The Bertz CT molecular complexity index is 1620. The number of fused-ring (bicyclic) bond motifs is 5. The second kappa shape index (κ2) is 12.1. The van der Waals surface area contributed by atoms with Crippen molar-refractivity contribution in [2.75, 3.05) is 26.2 Å². The maximum atomic E-state index is 13.3. The molecule has 1 atom stereocenters. The van der Waals surface area contributed by atoms with Gasteiger partial charge in [0.2, 0.25) is 0 Å². The number of carbonyl (C=O) groups excluding carboxylic acids is 2. The van der Waals surface area contributed by atoms with Gasteiger partial charge in [0.05, 0.1) is 29.0 Å². The molecule has 0 aliphatic carbocycles. The van der Waals surface area contributed by atoms with Crippen molar-refractivity contribution in [2.24, 2.45) is 0 Å². The van der Waals surface area contributed by atoms with Gasteiger partial charge in [0.15, 0.2) is 6.10 Å². The number of rotatable bonds is 3. The number of piperidine rings is 2. The number of hydrogen-bond acceptors (Lipinski definition) is 8. The fourth-order valence-electron chi connectivity index (χ4n) is 7.02. The van der Waals surface area contributed by atoms with Gasteiger partial charge < -0.3 is 28.9 Å². The summed E-state index contributed by atoms with van der Waals surface area (Å²) in [5.41, 5.74) is 4.22. The molecule has 4 aliphatic heterocycles. The van der Waals surface area contributed by atoms with Crippen LogP contribution in [0.3, 0.4) is 0 Å². The van der Waals surface area contributed by atoms with Crippen LogP contribution in [-0.4, -0.2) is 68.7 Å². The van der Waals surface area contributed by atoms with E-state index >= 15 is 0 Å². The standard InChI is InChI=1S/C31H34N4O6.C2H6/c1-2-20-21-14-19(41-31(39)34-12-8-18(9-13-34)33-10-4-3-5-11-33)6-7-25(21)32-27-23(20)16-35-26(27)15-22-24(29(35)37)17-40-30(38)28(22)36;1-2/h6-7,14-15,18,28,36H,2-5,8-13,16-17H2,1H3;1-2H3. The van der Waals surface area contributed by atoms with E-state index in [0.29, 0.717) is 54.8 Å². The van der Waals surface area contributed by atoms with Gasteiger partial charge in [-0.1, -0.05) is 27.2 Å². The molecule has 0 bridgehead atoms. The molecule has 0 spiro atoms. The Morgan fingerprint density at radius 1 is 1.05 bits per heavy atom. The van der Waals surface area contributed by atoms with Crippen LogP contribution in [0.2, 0.25) is 0 Å². The smallest absolute Gasteiger partial charge is 0.415 e. The van der Waals surface area contributed by atoms with Gasteiger partial charge in [-0.15, -0.1) is 0 Å². The van der Waals surface area contributed by atoms with E-state index < -0.39 is 12.1 Å². The molecule has 228 valence electrons. The van der Waals surface area contributed by atoms with E-state index in [1.807, 2.05) is 32.9 Å². The summed E-state index contributed by atoms with van der Waals surface area (Å²) in [6.07, 6.45) is 4.69. The average molecular weight is 589 g/mol. The van der Waals surface area contributed by atoms with Crippen LogP contribution in [0.25, 0.3) is 22.3 Å². The third kappa shape index (κ3) is 5.20. The minimum atomic E-state index is -1.49. The molecule has 1 unspecified atom stereocenters. The van der Waals surface area contributed by atoms with Crippen LogP contribution in [0.5, 0.6) is 5.75 Å². The topological polar surface area (TPSA) is 114 Å². The number of esters is 1. The van der Waals surface area contributed by atoms with Crippen LogP contribution in [0.1, 0.15) is 81.2 Å². The second-order valence-corrected chi connectivity index (χ2v) is 11.5. The van der Waals surface area contributed by atoms with E-state index in [1.54, 1.807) is 21.6 Å². The fraction of sp³-hybridized carbons (Fsp3) is 0.515. The number of cyclic esters (lactones) is 1. The first kappa shape index (κ1) is 29.3. The van der Waals surface area contributed by atoms with Crippen molar-refractivity contribution < 1.29 is 24.2 Å². The number of ether oxygens (including phenoxy) is 2. The van der Waals surface area contributed by atoms with E-state index in [-0.39, 0.29) is 23.8 Å². The molecule has 6 heterocycles. The Morgan fingerprint density at radius 3 is 2.51 bits per heavy atom. The number of hydrogen-bond donors (Lipinski definition) is 1. The monoisotopic (exact) mass is 588 g/mol. The minimum Gasteiger partial charge on any atom is -0.458 e. The lowest BCUT2D eigenvalue weighted by Crippen LogP contribution is -2.48. The molecule has 3 aromatic rings. The SMILES string of the molecule is CC.CCc1c2c(nc3ccc(OC(=O)N4CCC(N5CCCCC5)CC4)cc13)-c1cc3c(c(=O)n1C2)COC(=O)C3O. The normalized spacial score (nSPS) is 20.0. The highest BCUT2D eigenvalue weighted by atomic mass is 16.6. The summed E-state index contributed by atoms with van der Waals surface area (Å²) < 4.78 is 12.5. The molecule has 2 saturated heterocycles. The van der Waals surface area contributed by atoms with E-state index in [2.05, 4.69) is 4.90 Å². The minimum absolute atomic E-state index is 0.151.